The Hall–Kier alpha value is -3.56. The summed E-state index contributed by atoms with van der Waals surface area (Å²) >= 11 is 6.49. The Balaban J connectivity index is 1.91. The van der Waals surface area contributed by atoms with Crippen molar-refractivity contribution in [3.05, 3.63) is 95.0 Å². The van der Waals surface area contributed by atoms with Crippen molar-refractivity contribution in [2.45, 2.75) is 58.2 Å². The lowest BCUT2D eigenvalue weighted by Gasteiger charge is -2.33. The number of para-hydroxylation sites is 2. The van der Waals surface area contributed by atoms with Gasteiger partial charge in [-0.15, -0.1) is 0 Å². The molecular weight excluding hydrogens is 574 g/mol. The fourth-order valence-corrected chi connectivity index (χ4v) is 5.79. The number of ether oxygens (including phenoxy) is 1. The van der Waals surface area contributed by atoms with E-state index in [1.807, 2.05) is 62.4 Å². The maximum Gasteiger partial charge on any atom is 0.243 e. The number of sulfonamides is 1. The number of carbonyl (C=O) groups excluding carboxylic acids is 2. The van der Waals surface area contributed by atoms with Crippen molar-refractivity contribution in [2.75, 3.05) is 24.2 Å². The molecule has 0 saturated heterocycles. The Labute approximate surface area is 254 Å². The minimum atomic E-state index is -3.66. The molecule has 42 heavy (non-hydrogen) atoms. The van der Waals surface area contributed by atoms with Crippen LogP contribution in [0.5, 0.6) is 5.75 Å². The van der Waals surface area contributed by atoms with Gasteiger partial charge in [-0.05, 0) is 49.1 Å². The zero-order valence-electron chi connectivity index (χ0n) is 24.6. The van der Waals surface area contributed by atoms with Gasteiger partial charge in [0.25, 0.3) is 0 Å². The van der Waals surface area contributed by atoms with Crippen LogP contribution in [0.15, 0.2) is 78.9 Å². The average molecular weight is 614 g/mol. The summed E-state index contributed by atoms with van der Waals surface area (Å²) in [5, 5.41) is 3.54. The van der Waals surface area contributed by atoms with Crippen LogP contribution in [0.1, 0.15) is 44.2 Å². The normalized spacial score (nSPS) is 12.7. The van der Waals surface area contributed by atoms with E-state index in [0.29, 0.717) is 28.4 Å². The maximum atomic E-state index is 14.0. The molecule has 0 heterocycles. The molecule has 0 aliphatic carbocycles. The third-order valence-corrected chi connectivity index (χ3v) is 8.63. The Morgan fingerprint density at radius 2 is 1.62 bits per heavy atom. The van der Waals surface area contributed by atoms with Crippen LogP contribution >= 0.6 is 11.6 Å². The third kappa shape index (κ3) is 9.22. The summed E-state index contributed by atoms with van der Waals surface area (Å²) in [4.78, 5) is 29.2. The van der Waals surface area contributed by atoms with E-state index < -0.39 is 16.1 Å². The summed E-state index contributed by atoms with van der Waals surface area (Å²) in [6.45, 7) is 4.11. The molecule has 8 nitrogen and oxygen atoms in total. The molecule has 3 rings (SSSR count). The van der Waals surface area contributed by atoms with Crippen LogP contribution in [-0.2, 0) is 32.6 Å². The molecule has 0 aromatic heterocycles. The van der Waals surface area contributed by atoms with Crippen LogP contribution in [0.25, 0.3) is 0 Å². The molecule has 2 amide bonds. The van der Waals surface area contributed by atoms with Crippen LogP contribution in [0.4, 0.5) is 5.69 Å². The first-order valence-corrected chi connectivity index (χ1v) is 16.3. The highest BCUT2D eigenvalue weighted by molar-refractivity contribution is 7.92. The highest BCUT2D eigenvalue weighted by Gasteiger charge is 2.31. The predicted octanol–water partition coefficient (Wildman–Crippen LogP) is 5.45. The number of nitrogens with one attached hydrogen (secondary N) is 1. The minimum Gasteiger partial charge on any atom is -0.495 e. The molecule has 0 spiro atoms. The SMILES string of the molecule is CC[C@@H](C)NC(=O)[C@H](Cc1ccccc1)N(Cc1ccccc1Cl)C(=O)CCCN(c1ccccc1OC)S(C)(=O)=O. The fourth-order valence-electron chi connectivity index (χ4n) is 4.62. The zero-order valence-corrected chi connectivity index (χ0v) is 26.2. The third-order valence-electron chi connectivity index (χ3n) is 7.08. The van der Waals surface area contributed by atoms with E-state index in [1.165, 1.54) is 11.4 Å². The molecule has 226 valence electrons. The van der Waals surface area contributed by atoms with Gasteiger partial charge in [-0.25, -0.2) is 8.42 Å². The molecule has 10 heteroatoms. The number of hydrogen-bond acceptors (Lipinski definition) is 5. The Morgan fingerprint density at radius 1 is 0.976 bits per heavy atom. The summed E-state index contributed by atoms with van der Waals surface area (Å²) in [6.07, 6.45) is 2.43. The lowest BCUT2D eigenvalue weighted by molar-refractivity contribution is -0.141. The Kier molecular flexibility index (Phi) is 12.2. The molecule has 0 bridgehead atoms. The maximum absolute atomic E-state index is 14.0. The molecule has 0 radical (unpaired) electrons. The van der Waals surface area contributed by atoms with Crippen LogP contribution in [0.2, 0.25) is 5.02 Å². The molecule has 3 aromatic rings. The van der Waals surface area contributed by atoms with Gasteiger partial charge in [0, 0.05) is 37.0 Å². The van der Waals surface area contributed by atoms with E-state index in [-0.39, 0.29) is 43.8 Å². The molecule has 1 N–H and O–H groups in total. The second-order valence-corrected chi connectivity index (χ2v) is 12.6. The monoisotopic (exact) mass is 613 g/mol. The van der Waals surface area contributed by atoms with Crippen molar-refractivity contribution >= 4 is 39.1 Å². The summed E-state index contributed by atoms with van der Waals surface area (Å²) in [7, 11) is -2.18. The number of rotatable bonds is 15. The number of carbonyl (C=O) groups is 2. The number of nitrogens with zero attached hydrogens (tertiary/aromatic N) is 2. The van der Waals surface area contributed by atoms with E-state index in [2.05, 4.69) is 5.32 Å². The topological polar surface area (TPSA) is 96.0 Å². The largest absolute Gasteiger partial charge is 0.495 e. The molecule has 3 aromatic carbocycles. The minimum absolute atomic E-state index is 0.0214. The Morgan fingerprint density at radius 3 is 2.26 bits per heavy atom. The molecule has 0 fully saturated rings. The molecular formula is C32H40ClN3O5S. The van der Waals surface area contributed by atoms with Gasteiger partial charge < -0.3 is 15.0 Å². The van der Waals surface area contributed by atoms with E-state index in [9.17, 15) is 18.0 Å². The summed E-state index contributed by atoms with van der Waals surface area (Å²) in [6, 6.07) is 22.8. The van der Waals surface area contributed by atoms with E-state index in [4.69, 9.17) is 16.3 Å². The molecule has 0 saturated carbocycles. The number of methoxy groups -OCH3 is 1. The summed E-state index contributed by atoms with van der Waals surface area (Å²) in [5.74, 6) is -0.108. The summed E-state index contributed by atoms with van der Waals surface area (Å²) < 4.78 is 32.1. The number of anilines is 1. The zero-order chi connectivity index (χ0) is 30.7. The first kappa shape index (κ1) is 32.9. The lowest BCUT2D eigenvalue weighted by Crippen LogP contribution is -2.52. The molecule has 2 atom stereocenters. The van der Waals surface area contributed by atoms with Gasteiger partial charge in [0.05, 0.1) is 19.1 Å². The number of hydrogen-bond donors (Lipinski definition) is 1. The van der Waals surface area contributed by atoms with Crippen LogP contribution < -0.4 is 14.4 Å². The standard InChI is InChI=1S/C32H40ClN3O5S/c1-5-24(2)34-32(38)29(22-25-14-7-6-8-15-25)35(23-26-16-9-10-17-27(26)33)31(37)20-13-21-36(42(4,39)40)28-18-11-12-19-30(28)41-3/h6-12,14-19,24,29H,5,13,20-23H2,1-4H3,(H,34,38)/t24-,29+/m1/s1. The molecule has 0 unspecified atom stereocenters. The van der Waals surface area contributed by atoms with E-state index >= 15 is 0 Å². The highest BCUT2D eigenvalue weighted by atomic mass is 35.5. The van der Waals surface area contributed by atoms with Gasteiger partial charge >= 0.3 is 0 Å². The highest BCUT2D eigenvalue weighted by Crippen LogP contribution is 2.30. The van der Waals surface area contributed by atoms with Crippen molar-refractivity contribution in [1.82, 2.24) is 10.2 Å². The average Bonchev–Trinajstić information content (AvgIpc) is 2.97. The Bertz CT molecular complexity index is 1430. The van der Waals surface area contributed by atoms with Crippen LogP contribution in [-0.4, -0.2) is 57.1 Å². The van der Waals surface area contributed by atoms with Crippen molar-refractivity contribution in [3.8, 4) is 5.75 Å². The van der Waals surface area contributed by atoms with Gasteiger partial charge in [-0.2, -0.15) is 0 Å². The molecule has 0 aliphatic heterocycles. The predicted molar refractivity (Wildman–Crippen MR) is 168 cm³/mol. The van der Waals surface area contributed by atoms with Crippen LogP contribution in [0.3, 0.4) is 0 Å². The quantitative estimate of drug-likeness (QED) is 0.246. The second kappa shape index (κ2) is 15.6. The van der Waals surface area contributed by atoms with Gasteiger partial charge in [0.2, 0.25) is 21.8 Å². The van der Waals surface area contributed by atoms with Gasteiger partial charge in [-0.1, -0.05) is 79.2 Å². The van der Waals surface area contributed by atoms with Crippen molar-refractivity contribution in [2.24, 2.45) is 0 Å². The second-order valence-electron chi connectivity index (χ2n) is 10.2. The lowest BCUT2D eigenvalue weighted by atomic mass is 10.0. The fraction of sp³-hybridized carbons (Fsp3) is 0.375. The first-order chi connectivity index (χ1) is 20.0. The van der Waals surface area contributed by atoms with E-state index in [0.717, 1.165) is 18.2 Å². The number of amides is 2. The number of benzene rings is 3. The van der Waals surface area contributed by atoms with E-state index in [1.54, 1.807) is 35.2 Å². The van der Waals surface area contributed by atoms with Crippen molar-refractivity contribution in [1.29, 1.82) is 0 Å². The van der Waals surface area contributed by atoms with Crippen LogP contribution in [0, 0.1) is 0 Å². The van der Waals surface area contributed by atoms with Gasteiger partial charge in [0.15, 0.2) is 0 Å². The smallest absolute Gasteiger partial charge is 0.243 e. The first-order valence-electron chi connectivity index (χ1n) is 14.0. The molecule has 0 aliphatic rings. The van der Waals surface area contributed by atoms with Gasteiger partial charge in [-0.3, -0.25) is 13.9 Å². The van der Waals surface area contributed by atoms with Gasteiger partial charge in [0.1, 0.15) is 11.8 Å². The van der Waals surface area contributed by atoms with Crippen molar-refractivity contribution < 1.29 is 22.7 Å². The summed E-state index contributed by atoms with van der Waals surface area (Å²) in [5.41, 5.74) is 2.03. The number of halogens is 1. The van der Waals surface area contributed by atoms with Crippen molar-refractivity contribution in [3.63, 3.8) is 0 Å².